The van der Waals surface area contributed by atoms with Crippen molar-refractivity contribution in [3.8, 4) is 0 Å². The van der Waals surface area contributed by atoms with Crippen molar-refractivity contribution in [1.29, 1.82) is 0 Å². The van der Waals surface area contributed by atoms with Crippen LogP contribution in [-0.2, 0) is 11.5 Å². The van der Waals surface area contributed by atoms with E-state index in [-0.39, 0.29) is 17.9 Å². The van der Waals surface area contributed by atoms with Gasteiger partial charge in [-0.1, -0.05) is 0 Å². The summed E-state index contributed by atoms with van der Waals surface area (Å²) in [6, 6.07) is 0. The van der Waals surface area contributed by atoms with Crippen LogP contribution in [0.4, 0.5) is 4.39 Å². The Kier molecular flexibility index (Phi) is 3.33. The van der Waals surface area contributed by atoms with E-state index in [1.807, 2.05) is 0 Å². The molecule has 0 fully saturated rings. The largest absolute Gasteiger partial charge is 0.462 e. The van der Waals surface area contributed by atoms with E-state index in [4.69, 9.17) is 0 Å². The van der Waals surface area contributed by atoms with Crippen LogP contribution >= 0.6 is 0 Å². The molecule has 5 nitrogen and oxygen atoms in total. The van der Waals surface area contributed by atoms with Crippen LogP contribution in [0.1, 0.15) is 27.8 Å². The Morgan fingerprint density at radius 2 is 2.50 bits per heavy atom. The van der Waals surface area contributed by atoms with Crippen LogP contribution in [0.25, 0.3) is 0 Å². The highest BCUT2D eigenvalue weighted by molar-refractivity contribution is 5.97. The van der Waals surface area contributed by atoms with Crippen LogP contribution in [0.15, 0.2) is 6.20 Å². The number of rotatable bonds is 4. The molecule has 0 radical (unpaired) electrons. The maximum atomic E-state index is 12.2. The van der Waals surface area contributed by atoms with Gasteiger partial charge in [0.25, 0.3) is 0 Å². The van der Waals surface area contributed by atoms with E-state index in [2.05, 4.69) is 9.84 Å². The molecule has 0 N–H and O–H groups in total. The number of hydrogen-bond donors (Lipinski definition) is 0. The van der Waals surface area contributed by atoms with Crippen molar-refractivity contribution in [3.05, 3.63) is 17.5 Å². The molecule has 0 aromatic carbocycles. The lowest BCUT2D eigenvalue weighted by molar-refractivity contribution is 0.0524. The van der Waals surface area contributed by atoms with Crippen LogP contribution in [0, 0.1) is 0 Å². The minimum atomic E-state index is -0.951. The number of esters is 1. The quantitative estimate of drug-likeness (QED) is 0.532. The summed E-state index contributed by atoms with van der Waals surface area (Å²) in [5, 5.41) is 3.52. The smallest absolute Gasteiger partial charge is 0.342 e. The zero-order valence-corrected chi connectivity index (χ0v) is 7.57. The summed E-state index contributed by atoms with van der Waals surface area (Å²) in [4.78, 5) is 21.7. The molecule has 0 spiro atoms. The van der Waals surface area contributed by atoms with Crippen molar-refractivity contribution in [1.82, 2.24) is 9.78 Å². The Morgan fingerprint density at radius 1 is 1.79 bits per heavy atom. The predicted octanol–water partition coefficient (Wildman–Crippen LogP) is 0.799. The molecule has 1 aromatic heterocycles. The summed E-state index contributed by atoms with van der Waals surface area (Å²) < 4.78 is 17.7. The van der Waals surface area contributed by atoms with Crippen molar-refractivity contribution in [2.45, 2.75) is 13.7 Å². The fourth-order valence-corrected chi connectivity index (χ4v) is 0.980. The Morgan fingerprint density at radius 3 is 3.00 bits per heavy atom. The molecule has 1 aromatic rings. The molecule has 1 heterocycles. The van der Waals surface area contributed by atoms with E-state index in [0.29, 0.717) is 6.29 Å². The van der Waals surface area contributed by atoms with Gasteiger partial charge < -0.3 is 4.74 Å². The number of aromatic nitrogens is 2. The third-order valence-electron chi connectivity index (χ3n) is 1.60. The van der Waals surface area contributed by atoms with Crippen LogP contribution in [0.5, 0.6) is 0 Å². The summed E-state index contributed by atoms with van der Waals surface area (Å²) in [5.41, 5.74) is -0.120. The molecule has 14 heavy (non-hydrogen) atoms. The van der Waals surface area contributed by atoms with Gasteiger partial charge in [0.1, 0.15) is 11.3 Å². The number of aldehydes is 1. The normalized spacial score (nSPS) is 9.86. The highest BCUT2D eigenvalue weighted by Crippen LogP contribution is 2.08. The van der Waals surface area contributed by atoms with Crippen molar-refractivity contribution >= 4 is 12.3 Å². The number of nitrogens with zero attached hydrogens (tertiary/aromatic N) is 2. The molecule has 1 rings (SSSR count). The minimum Gasteiger partial charge on any atom is -0.462 e. The molecule has 0 saturated heterocycles. The Hall–Kier alpha value is -1.72. The average molecular weight is 200 g/mol. The third-order valence-corrected chi connectivity index (χ3v) is 1.60. The van der Waals surface area contributed by atoms with E-state index >= 15 is 0 Å². The molecule has 0 amide bonds. The van der Waals surface area contributed by atoms with Gasteiger partial charge in [0, 0.05) is 0 Å². The average Bonchev–Trinajstić information content (AvgIpc) is 2.60. The minimum absolute atomic E-state index is 0.0144. The second-order valence-electron chi connectivity index (χ2n) is 2.40. The van der Waals surface area contributed by atoms with Gasteiger partial charge in [-0.15, -0.1) is 0 Å². The summed E-state index contributed by atoms with van der Waals surface area (Å²) in [6.45, 7) is 0.878. The molecular formula is C8H9FN2O3. The SMILES string of the molecule is CCOC(=O)c1cnn(CF)c1C=O. The Bertz CT molecular complexity index is 348. The third kappa shape index (κ3) is 1.78. The van der Waals surface area contributed by atoms with Crippen molar-refractivity contribution in [3.63, 3.8) is 0 Å². The van der Waals surface area contributed by atoms with Crippen LogP contribution in [0.3, 0.4) is 0 Å². The molecule has 0 unspecified atom stereocenters. The van der Waals surface area contributed by atoms with Gasteiger partial charge in [0.2, 0.25) is 0 Å². The van der Waals surface area contributed by atoms with Crippen molar-refractivity contribution in [2.24, 2.45) is 0 Å². The van der Waals surface area contributed by atoms with Gasteiger partial charge >= 0.3 is 5.97 Å². The fraction of sp³-hybridized carbons (Fsp3) is 0.375. The molecule has 0 aliphatic carbocycles. The number of carbonyl (C=O) groups is 2. The topological polar surface area (TPSA) is 61.2 Å². The van der Waals surface area contributed by atoms with Gasteiger partial charge in [-0.3, -0.25) is 4.79 Å². The van der Waals surface area contributed by atoms with Gasteiger partial charge in [-0.05, 0) is 6.92 Å². The molecule has 0 bridgehead atoms. The molecule has 76 valence electrons. The first-order chi connectivity index (χ1) is 6.74. The van der Waals surface area contributed by atoms with E-state index in [1.54, 1.807) is 6.92 Å². The predicted molar refractivity (Wildman–Crippen MR) is 44.7 cm³/mol. The van der Waals surface area contributed by atoms with E-state index in [1.165, 1.54) is 0 Å². The fourth-order valence-electron chi connectivity index (χ4n) is 0.980. The van der Waals surface area contributed by atoms with Gasteiger partial charge in [0.15, 0.2) is 13.1 Å². The first-order valence-corrected chi connectivity index (χ1v) is 3.98. The second-order valence-corrected chi connectivity index (χ2v) is 2.40. The van der Waals surface area contributed by atoms with Gasteiger partial charge in [-0.25, -0.2) is 13.9 Å². The lowest BCUT2D eigenvalue weighted by Crippen LogP contribution is -2.09. The zero-order chi connectivity index (χ0) is 10.6. The molecule has 0 saturated carbocycles. The van der Waals surface area contributed by atoms with Gasteiger partial charge in [-0.2, -0.15) is 5.10 Å². The van der Waals surface area contributed by atoms with Gasteiger partial charge in [0.05, 0.1) is 12.8 Å². The van der Waals surface area contributed by atoms with Crippen molar-refractivity contribution in [2.75, 3.05) is 6.61 Å². The molecular weight excluding hydrogens is 191 g/mol. The zero-order valence-electron chi connectivity index (χ0n) is 7.57. The standard InChI is InChI=1S/C8H9FN2O3/c1-2-14-8(13)6-3-10-11(5-9)7(6)4-12/h3-4H,2,5H2,1H3. The molecule has 6 heteroatoms. The summed E-state index contributed by atoms with van der Waals surface area (Å²) in [5.74, 6) is -0.672. The lowest BCUT2D eigenvalue weighted by Gasteiger charge is -1.99. The summed E-state index contributed by atoms with van der Waals surface area (Å²) in [7, 11) is 0. The lowest BCUT2D eigenvalue weighted by atomic mass is 10.2. The number of carbonyl (C=O) groups excluding carboxylic acids is 2. The first-order valence-electron chi connectivity index (χ1n) is 3.98. The molecule has 0 aliphatic heterocycles. The highest BCUT2D eigenvalue weighted by Gasteiger charge is 2.17. The molecule has 0 atom stereocenters. The monoisotopic (exact) mass is 200 g/mol. The van der Waals surface area contributed by atoms with E-state index in [0.717, 1.165) is 10.9 Å². The maximum absolute atomic E-state index is 12.2. The maximum Gasteiger partial charge on any atom is 0.342 e. The summed E-state index contributed by atoms with van der Waals surface area (Å²) in [6.07, 6.45) is 1.49. The Labute approximate surface area is 79.5 Å². The Balaban J connectivity index is 3.02. The van der Waals surface area contributed by atoms with Crippen LogP contribution < -0.4 is 0 Å². The number of halogens is 1. The van der Waals surface area contributed by atoms with E-state index < -0.39 is 12.8 Å². The van der Waals surface area contributed by atoms with Crippen LogP contribution in [0.2, 0.25) is 0 Å². The molecule has 0 aliphatic rings. The second kappa shape index (κ2) is 4.50. The number of alkyl halides is 1. The first kappa shape index (κ1) is 10.4. The number of hydrogen-bond acceptors (Lipinski definition) is 4. The number of ether oxygens (including phenoxy) is 1. The highest BCUT2D eigenvalue weighted by atomic mass is 19.1. The van der Waals surface area contributed by atoms with Crippen molar-refractivity contribution < 1.29 is 18.7 Å². The van der Waals surface area contributed by atoms with Crippen LogP contribution in [-0.4, -0.2) is 28.6 Å². The van der Waals surface area contributed by atoms with E-state index in [9.17, 15) is 14.0 Å². The summed E-state index contributed by atoms with van der Waals surface area (Å²) >= 11 is 0.